The van der Waals surface area contributed by atoms with Crippen LogP contribution in [0.3, 0.4) is 0 Å². The van der Waals surface area contributed by atoms with Crippen LogP contribution in [0.25, 0.3) is 39.5 Å². The molecule has 0 radical (unpaired) electrons. The standard InChI is InChI=1S/C26H20N4/c1-26(2)19-10-6-11-21-23(19)30(25(29-21)24-27-14-7-15-28-24)22-13-12-18(16-20(22)26)17-8-4-3-5-9-17/h3-16H,1-2H3. The monoisotopic (exact) mass is 388 g/mol. The van der Waals surface area contributed by atoms with Crippen molar-refractivity contribution in [1.82, 2.24) is 19.5 Å². The molecule has 144 valence electrons. The molecule has 0 saturated carbocycles. The zero-order chi connectivity index (χ0) is 20.3. The van der Waals surface area contributed by atoms with E-state index in [9.17, 15) is 0 Å². The summed E-state index contributed by atoms with van der Waals surface area (Å²) < 4.78 is 2.23. The molecule has 0 amide bonds. The molecule has 4 heteroatoms. The number of fused-ring (bicyclic) bond motifs is 2. The summed E-state index contributed by atoms with van der Waals surface area (Å²) in [7, 11) is 0. The zero-order valence-electron chi connectivity index (χ0n) is 16.9. The van der Waals surface area contributed by atoms with E-state index in [1.165, 1.54) is 22.3 Å². The third-order valence-corrected chi connectivity index (χ3v) is 6.13. The Morgan fingerprint density at radius 3 is 2.33 bits per heavy atom. The number of rotatable bonds is 2. The Morgan fingerprint density at radius 1 is 0.733 bits per heavy atom. The Labute approximate surface area is 174 Å². The number of para-hydroxylation sites is 1. The molecule has 0 atom stereocenters. The van der Waals surface area contributed by atoms with Crippen LogP contribution in [0.5, 0.6) is 0 Å². The van der Waals surface area contributed by atoms with Gasteiger partial charge in [0.05, 0.1) is 16.7 Å². The topological polar surface area (TPSA) is 43.6 Å². The number of nitrogens with zero attached hydrogens (tertiary/aromatic N) is 4. The van der Waals surface area contributed by atoms with Crippen molar-refractivity contribution in [2.75, 3.05) is 0 Å². The van der Waals surface area contributed by atoms with E-state index in [0.717, 1.165) is 22.5 Å². The summed E-state index contributed by atoms with van der Waals surface area (Å²) in [6.45, 7) is 4.59. The molecule has 6 rings (SSSR count). The van der Waals surface area contributed by atoms with Crippen LogP contribution < -0.4 is 0 Å². The van der Waals surface area contributed by atoms with Gasteiger partial charge in [-0.15, -0.1) is 0 Å². The van der Waals surface area contributed by atoms with E-state index in [0.29, 0.717) is 5.82 Å². The van der Waals surface area contributed by atoms with Gasteiger partial charge in [-0.3, -0.25) is 4.57 Å². The molecule has 0 unspecified atom stereocenters. The Kier molecular flexibility index (Phi) is 3.48. The van der Waals surface area contributed by atoms with Gasteiger partial charge in [-0.25, -0.2) is 15.0 Å². The first-order chi connectivity index (χ1) is 14.6. The molecule has 0 N–H and O–H groups in total. The van der Waals surface area contributed by atoms with Crippen LogP contribution in [0.15, 0.2) is 85.2 Å². The van der Waals surface area contributed by atoms with Crippen LogP contribution in [0.1, 0.15) is 25.0 Å². The average Bonchev–Trinajstić information content (AvgIpc) is 3.19. The molecule has 0 aliphatic carbocycles. The molecule has 30 heavy (non-hydrogen) atoms. The van der Waals surface area contributed by atoms with Crippen LogP contribution >= 0.6 is 0 Å². The predicted octanol–water partition coefficient (Wildman–Crippen LogP) is 5.79. The molecule has 0 bridgehead atoms. The second-order valence-corrected chi connectivity index (χ2v) is 8.24. The normalized spacial score (nSPS) is 13.9. The average molecular weight is 388 g/mol. The maximum absolute atomic E-state index is 4.94. The summed E-state index contributed by atoms with van der Waals surface area (Å²) in [5, 5.41) is 0. The van der Waals surface area contributed by atoms with E-state index < -0.39 is 0 Å². The van der Waals surface area contributed by atoms with Crippen molar-refractivity contribution >= 4 is 11.0 Å². The summed E-state index contributed by atoms with van der Waals surface area (Å²) in [4.78, 5) is 13.9. The van der Waals surface area contributed by atoms with Crippen molar-refractivity contribution in [2.24, 2.45) is 0 Å². The molecule has 0 spiro atoms. The van der Waals surface area contributed by atoms with Crippen LogP contribution in [0.4, 0.5) is 0 Å². The number of benzene rings is 3. The first-order valence-corrected chi connectivity index (χ1v) is 10.1. The first kappa shape index (κ1) is 17.1. The van der Waals surface area contributed by atoms with Crippen LogP contribution in [-0.4, -0.2) is 19.5 Å². The highest BCUT2D eigenvalue weighted by molar-refractivity contribution is 5.89. The highest BCUT2D eigenvalue weighted by Gasteiger charge is 2.36. The molecule has 0 saturated heterocycles. The van der Waals surface area contributed by atoms with E-state index in [1.807, 2.05) is 6.07 Å². The lowest BCUT2D eigenvalue weighted by Gasteiger charge is -2.34. The molecule has 4 nitrogen and oxygen atoms in total. The van der Waals surface area contributed by atoms with Gasteiger partial charge in [0.25, 0.3) is 0 Å². The Bertz CT molecular complexity index is 1400. The largest absolute Gasteiger partial charge is 0.289 e. The number of aromatic nitrogens is 4. The fraction of sp³-hybridized carbons (Fsp3) is 0.115. The number of hydrogen-bond donors (Lipinski definition) is 0. The summed E-state index contributed by atoms with van der Waals surface area (Å²) in [5.41, 5.74) is 8.10. The SMILES string of the molecule is CC1(C)c2cc(-c3ccccc3)ccc2-n2c(-c3ncccn3)nc3cccc1c32. The molecule has 1 aliphatic rings. The van der Waals surface area contributed by atoms with Crippen LogP contribution in [0, 0.1) is 0 Å². The quantitative estimate of drug-likeness (QED) is 0.384. The summed E-state index contributed by atoms with van der Waals surface area (Å²) in [5.74, 6) is 1.42. The Hall–Kier alpha value is -3.79. The maximum Gasteiger partial charge on any atom is 0.196 e. The first-order valence-electron chi connectivity index (χ1n) is 10.1. The van der Waals surface area contributed by atoms with Crippen molar-refractivity contribution < 1.29 is 0 Å². The minimum Gasteiger partial charge on any atom is -0.289 e. The van der Waals surface area contributed by atoms with Gasteiger partial charge in [-0.1, -0.05) is 62.4 Å². The Balaban J connectivity index is 1.70. The number of imidazole rings is 1. The van der Waals surface area contributed by atoms with Crippen LogP contribution in [-0.2, 0) is 5.41 Å². The van der Waals surface area contributed by atoms with E-state index in [1.54, 1.807) is 12.4 Å². The van der Waals surface area contributed by atoms with E-state index in [4.69, 9.17) is 4.98 Å². The summed E-state index contributed by atoms with van der Waals surface area (Å²) in [6.07, 6.45) is 3.53. The van der Waals surface area contributed by atoms with Crippen molar-refractivity contribution in [3.05, 3.63) is 96.3 Å². The predicted molar refractivity (Wildman–Crippen MR) is 120 cm³/mol. The maximum atomic E-state index is 4.94. The third-order valence-electron chi connectivity index (χ3n) is 6.13. The minimum absolute atomic E-state index is 0.148. The fourth-order valence-corrected chi connectivity index (χ4v) is 4.62. The molecular formula is C26H20N4. The van der Waals surface area contributed by atoms with Crippen molar-refractivity contribution in [3.8, 4) is 28.5 Å². The lowest BCUT2D eigenvalue weighted by molar-refractivity contribution is 0.629. The van der Waals surface area contributed by atoms with Crippen molar-refractivity contribution in [2.45, 2.75) is 19.3 Å². The lowest BCUT2D eigenvalue weighted by atomic mass is 9.74. The molecular weight excluding hydrogens is 368 g/mol. The van der Waals surface area contributed by atoms with Gasteiger partial charge in [0.1, 0.15) is 0 Å². The molecule has 2 aromatic heterocycles. The van der Waals surface area contributed by atoms with E-state index >= 15 is 0 Å². The van der Waals surface area contributed by atoms with Gasteiger partial charge < -0.3 is 0 Å². The molecule has 3 heterocycles. The highest BCUT2D eigenvalue weighted by atomic mass is 15.1. The second kappa shape index (κ2) is 6.10. The fourth-order valence-electron chi connectivity index (χ4n) is 4.62. The van der Waals surface area contributed by atoms with Crippen molar-refractivity contribution in [3.63, 3.8) is 0 Å². The highest BCUT2D eigenvalue weighted by Crippen LogP contribution is 2.46. The summed E-state index contributed by atoms with van der Waals surface area (Å²) >= 11 is 0. The summed E-state index contributed by atoms with van der Waals surface area (Å²) in [6, 6.07) is 25.5. The minimum atomic E-state index is -0.148. The second-order valence-electron chi connectivity index (χ2n) is 8.24. The van der Waals surface area contributed by atoms with Gasteiger partial charge >= 0.3 is 0 Å². The van der Waals surface area contributed by atoms with Crippen LogP contribution in [0.2, 0.25) is 0 Å². The Morgan fingerprint density at radius 2 is 1.53 bits per heavy atom. The lowest BCUT2D eigenvalue weighted by Crippen LogP contribution is -2.26. The molecule has 3 aromatic carbocycles. The van der Waals surface area contributed by atoms with Crippen molar-refractivity contribution in [1.29, 1.82) is 0 Å². The van der Waals surface area contributed by atoms with Gasteiger partial charge in [0.15, 0.2) is 11.6 Å². The molecule has 1 aliphatic heterocycles. The van der Waals surface area contributed by atoms with Gasteiger partial charge in [-0.05, 0) is 46.5 Å². The van der Waals surface area contributed by atoms with E-state index in [-0.39, 0.29) is 5.41 Å². The number of hydrogen-bond acceptors (Lipinski definition) is 3. The van der Waals surface area contributed by atoms with E-state index in [2.05, 4.69) is 95.1 Å². The molecule has 5 aromatic rings. The van der Waals surface area contributed by atoms with Gasteiger partial charge in [-0.2, -0.15) is 0 Å². The third kappa shape index (κ3) is 2.31. The van der Waals surface area contributed by atoms with Gasteiger partial charge in [0.2, 0.25) is 0 Å². The molecule has 0 fully saturated rings. The van der Waals surface area contributed by atoms with Gasteiger partial charge in [0, 0.05) is 17.8 Å². The zero-order valence-corrected chi connectivity index (χ0v) is 16.9. The smallest absolute Gasteiger partial charge is 0.196 e.